The quantitative estimate of drug-likeness (QED) is 0.488. The molecule has 136 valence electrons. The first kappa shape index (κ1) is 17.3. The minimum absolute atomic E-state index is 0.0646. The first-order valence-electron chi connectivity index (χ1n) is 7.79. The third kappa shape index (κ3) is 3.43. The second-order valence-electron chi connectivity index (χ2n) is 5.64. The van der Waals surface area contributed by atoms with E-state index in [1.165, 1.54) is 10.6 Å². The van der Waals surface area contributed by atoms with Crippen LogP contribution in [0.3, 0.4) is 0 Å². The van der Waals surface area contributed by atoms with Crippen LogP contribution in [-0.2, 0) is 6.54 Å². The lowest BCUT2D eigenvalue weighted by atomic mass is 10.2. The Labute approximate surface area is 159 Å². The Morgan fingerprint density at radius 3 is 2.78 bits per heavy atom. The average Bonchev–Trinajstić information content (AvgIpc) is 3.28. The zero-order valence-corrected chi connectivity index (χ0v) is 15.5. The normalized spacial score (nSPS) is 11.1. The van der Waals surface area contributed by atoms with Crippen molar-refractivity contribution in [2.45, 2.75) is 13.5 Å². The van der Waals surface area contributed by atoms with Gasteiger partial charge >= 0.3 is 0 Å². The minimum Gasteiger partial charge on any atom is -0.337 e. The lowest BCUT2D eigenvalue weighted by Gasteiger charge is -2.02. The van der Waals surface area contributed by atoms with Crippen molar-refractivity contribution in [2.24, 2.45) is 0 Å². The summed E-state index contributed by atoms with van der Waals surface area (Å²) < 4.78 is 25.3. The number of hydrogen-bond acceptors (Lipinski definition) is 7. The SMILES string of the molecule is Cc1noc(-c2cccn(Cc3nc(-c4ccc(F)c(Br)c4)no3)c2=O)n1. The topological polar surface area (TPSA) is 99.8 Å². The number of hydrogen-bond donors (Lipinski definition) is 0. The Hall–Kier alpha value is -3.14. The van der Waals surface area contributed by atoms with Gasteiger partial charge in [-0.15, -0.1) is 0 Å². The summed E-state index contributed by atoms with van der Waals surface area (Å²) in [5, 5.41) is 7.57. The summed E-state index contributed by atoms with van der Waals surface area (Å²) in [6, 6.07) is 7.68. The second-order valence-corrected chi connectivity index (χ2v) is 6.50. The highest BCUT2D eigenvalue weighted by Gasteiger charge is 2.15. The Kier molecular flexibility index (Phi) is 4.40. The summed E-state index contributed by atoms with van der Waals surface area (Å²) in [5.74, 6) is 0.719. The predicted molar refractivity (Wildman–Crippen MR) is 95.2 cm³/mol. The molecule has 1 aromatic carbocycles. The van der Waals surface area contributed by atoms with Gasteiger partial charge in [-0.1, -0.05) is 10.3 Å². The standard InChI is InChI=1S/C17H11BrFN5O3/c1-9-20-16(27-22-9)11-3-2-6-24(17(11)25)8-14-21-15(23-26-14)10-4-5-13(19)12(18)7-10/h2-7H,8H2,1H3. The molecule has 0 amide bonds. The van der Waals surface area contributed by atoms with Crippen LogP contribution in [0.15, 0.2) is 54.8 Å². The third-order valence-corrected chi connectivity index (χ3v) is 4.34. The van der Waals surface area contributed by atoms with E-state index in [4.69, 9.17) is 9.05 Å². The van der Waals surface area contributed by atoms with Crippen molar-refractivity contribution >= 4 is 15.9 Å². The first-order chi connectivity index (χ1) is 13.0. The molecule has 4 aromatic rings. The zero-order chi connectivity index (χ0) is 19.0. The van der Waals surface area contributed by atoms with Gasteiger partial charge in [0.15, 0.2) is 5.82 Å². The molecule has 0 saturated heterocycles. The molecule has 3 aromatic heterocycles. The zero-order valence-electron chi connectivity index (χ0n) is 13.9. The van der Waals surface area contributed by atoms with Crippen LogP contribution in [0.25, 0.3) is 22.8 Å². The van der Waals surface area contributed by atoms with E-state index in [9.17, 15) is 9.18 Å². The summed E-state index contributed by atoms with van der Waals surface area (Å²) in [7, 11) is 0. The van der Waals surface area contributed by atoms with Gasteiger partial charge in [-0.2, -0.15) is 9.97 Å². The number of pyridine rings is 1. The number of rotatable bonds is 4. The van der Waals surface area contributed by atoms with E-state index in [0.717, 1.165) is 0 Å². The molecule has 0 N–H and O–H groups in total. The van der Waals surface area contributed by atoms with E-state index in [1.54, 1.807) is 37.4 Å². The van der Waals surface area contributed by atoms with E-state index >= 15 is 0 Å². The van der Waals surface area contributed by atoms with E-state index in [-0.39, 0.29) is 35.3 Å². The van der Waals surface area contributed by atoms with E-state index in [1.807, 2.05) is 0 Å². The van der Waals surface area contributed by atoms with E-state index in [2.05, 4.69) is 36.2 Å². The van der Waals surface area contributed by atoms with Crippen LogP contribution in [0.5, 0.6) is 0 Å². The van der Waals surface area contributed by atoms with Crippen molar-refractivity contribution in [1.29, 1.82) is 0 Å². The lowest BCUT2D eigenvalue weighted by Crippen LogP contribution is -2.21. The molecule has 8 nitrogen and oxygen atoms in total. The van der Waals surface area contributed by atoms with Crippen LogP contribution >= 0.6 is 15.9 Å². The van der Waals surface area contributed by atoms with E-state index < -0.39 is 0 Å². The van der Waals surface area contributed by atoms with Gasteiger partial charge in [0.05, 0.1) is 4.47 Å². The van der Waals surface area contributed by atoms with Gasteiger partial charge in [0.1, 0.15) is 17.9 Å². The van der Waals surface area contributed by atoms with Crippen molar-refractivity contribution in [3.63, 3.8) is 0 Å². The van der Waals surface area contributed by atoms with Crippen molar-refractivity contribution in [1.82, 2.24) is 24.8 Å². The molecule has 3 heterocycles. The van der Waals surface area contributed by atoms with Gasteiger partial charge in [0, 0.05) is 11.8 Å². The summed E-state index contributed by atoms with van der Waals surface area (Å²) in [4.78, 5) is 21.0. The minimum atomic E-state index is -0.387. The van der Waals surface area contributed by atoms with Crippen LogP contribution in [0.4, 0.5) is 4.39 Å². The molecule has 0 spiro atoms. The Balaban J connectivity index is 1.63. The highest BCUT2D eigenvalue weighted by atomic mass is 79.9. The van der Waals surface area contributed by atoms with Gasteiger partial charge in [-0.25, -0.2) is 4.39 Å². The molecule has 0 unspecified atom stereocenters. The van der Waals surface area contributed by atoms with Gasteiger partial charge in [0.25, 0.3) is 11.4 Å². The molecule has 0 aliphatic carbocycles. The first-order valence-corrected chi connectivity index (χ1v) is 8.59. The van der Waals surface area contributed by atoms with Crippen LogP contribution in [0.1, 0.15) is 11.7 Å². The molecule has 0 aliphatic heterocycles. The second kappa shape index (κ2) is 6.88. The molecule has 0 saturated carbocycles. The van der Waals surface area contributed by atoms with Crippen molar-refractivity contribution in [2.75, 3.05) is 0 Å². The molecule has 0 bridgehead atoms. The summed E-state index contributed by atoms with van der Waals surface area (Å²) in [6.07, 6.45) is 1.59. The number of aromatic nitrogens is 5. The molecule has 10 heteroatoms. The van der Waals surface area contributed by atoms with Gasteiger partial charge < -0.3 is 13.6 Å². The molecule has 0 aliphatic rings. The summed E-state index contributed by atoms with van der Waals surface area (Å²) in [5.41, 5.74) is 0.534. The molecular weight excluding hydrogens is 421 g/mol. The summed E-state index contributed by atoms with van der Waals surface area (Å²) >= 11 is 3.12. The Bertz CT molecular complexity index is 1180. The maximum atomic E-state index is 13.4. The maximum Gasteiger partial charge on any atom is 0.263 e. The highest BCUT2D eigenvalue weighted by Crippen LogP contribution is 2.23. The highest BCUT2D eigenvalue weighted by molar-refractivity contribution is 9.10. The fourth-order valence-corrected chi connectivity index (χ4v) is 2.83. The fourth-order valence-electron chi connectivity index (χ4n) is 2.45. The maximum absolute atomic E-state index is 13.4. The molecule has 0 fully saturated rings. The number of halogens is 2. The summed E-state index contributed by atoms with van der Waals surface area (Å²) in [6.45, 7) is 1.73. The fraction of sp³-hybridized carbons (Fsp3) is 0.118. The van der Waals surface area contributed by atoms with Gasteiger partial charge in [-0.3, -0.25) is 4.79 Å². The Morgan fingerprint density at radius 1 is 1.19 bits per heavy atom. The van der Waals surface area contributed by atoms with Crippen LogP contribution in [-0.4, -0.2) is 24.8 Å². The van der Waals surface area contributed by atoms with Crippen molar-refractivity contribution in [3.8, 4) is 22.8 Å². The van der Waals surface area contributed by atoms with Crippen LogP contribution in [0.2, 0.25) is 0 Å². The van der Waals surface area contributed by atoms with Gasteiger partial charge in [0.2, 0.25) is 11.7 Å². The molecule has 0 atom stereocenters. The molecule has 4 rings (SSSR count). The monoisotopic (exact) mass is 431 g/mol. The third-order valence-electron chi connectivity index (χ3n) is 3.73. The number of nitrogens with zero attached hydrogens (tertiary/aromatic N) is 5. The van der Waals surface area contributed by atoms with Crippen molar-refractivity contribution in [3.05, 3.63) is 68.9 Å². The predicted octanol–water partition coefficient (Wildman–Crippen LogP) is 3.21. The molecule has 27 heavy (non-hydrogen) atoms. The largest absolute Gasteiger partial charge is 0.337 e. The lowest BCUT2D eigenvalue weighted by molar-refractivity contribution is 0.370. The van der Waals surface area contributed by atoms with E-state index in [0.29, 0.717) is 21.7 Å². The Morgan fingerprint density at radius 2 is 2.04 bits per heavy atom. The number of benzene rings is 1. The van der Waals surface area contributed by atoms with Crippen LogP contribution in [0, 0.1) is 12.7 Å². The number of aryl methyl sites for hydroxylation is 1. The van der Waals surface area contributed by atoms with Gasteiger partial charge in [-0.05, 0) is 53.2 Å². The molecule has 0 radical (unpaired) electrons. The average molecular weight is 432 g/mol. The van der Waals surface area contributed by atoms with Crippen LogP contribution < -0.4 is 5.56 Å². The molecular formula is C17H11BrFN5O3. The van der Waals surface area contributed by atoms with Crippen molar-refractivity contribution < 1.29 is 13.4 Å². The smallest absolute Gasteiger partial charge is 0.263 e.